The zero-order valence-electron chi connectivity index (χ0n) is 12.3. The summed E-state index contributed by atoms with van der Waals surface area (Å²) in [6.45, 7) is 0. The average molecular weight is 281 g/mol. The number of rotatable bonds is 4. The van der Waals surface area contributed by atoms with E-state index in [0.29, 0.717) is 17.9 Å². The van der Waals surface area contributed by atoms with Crippen LogP contribution in [0.1, 0.15) is 50.5 Å². The maximum atomic E-state index is 13.8. The zero-order chi connectivity index (χ0) is 14.4. The van der Waals surface area contributed by atoms with Gasteiger partial charge in [-0.05, 0) is 43.9 Å². The third-order valence-electron chi connectivity index (χ3n) is 4.56. The van der Waals surface area contributed by atoms with Gasteiger partial charge in [0, 0.05) is 6.04 Å². The summed E-state index contributed by atoms with van der Waals surface area (Å²) in [6, 6.07) is 4.72. The molecular formula is C17H25F2N. The largest absolute Gasteiger partial charge is 0.316 e. The quantitative estimate of drug-likeness (QED) is 0.859. The van der Waals surface area contributed by atoms with Crippen molar-refractivity contribution in [3.63, 3.8) is 0 Å². The summed E-state index contributed by atoms with van der Waals surface area (Å²) in [7, 11) is 1.93. The first-order valence-corrected chi connectivity index (χ1v) is 7.82. The Morgan fingerprint density at radius 1 is 1.10 bits per heavy atom. The van der Waals surface area contributed by atoms with Gasteiger partial charge in [0.1, 0.15) is 0 Å². The zero-order valence-corrected chi connectivity index (χ0v) is 12.3. The highest BCUT2D eigenvalue weighted by Gasteiger charge is 2.22. The Labute approximate surface area is 120 Å². The van der Waals surface area contributed by atoms with Crippen molar-refractivity contribution >= 4 is 0 Å². The van der Waals surface area contributed by atoms with Gasteiger partial charge in [0.2, 0.25) is 0 Å². The highest BCUT2D eigenvalue weighted by Crippen LogP contribution is 2.27. The van der Waals surface area contributed by atoms with E-state index in [1.807, 2.05) is 7.05 Å². The van der Waals surface area contributed by atoms with Crippen molar-refractivity contribution in [1.82, 2.24) is 5.32 Å². The van der Waals surface area contributed by atoms with Crippen LogP contribution < -0.4 is 5.32 Å². The molecule has 112 valence electrons. The lowest BCUT2D eigenvalue weighted by atomic mass is 9.83. The molecule has 0 aromatic heterocycles. The third-order valence-corrected chi connectivity index (χ3v) is 4.56. The molecule has 1 aromatic rings. The third kappa shape index (κ3) is 4.02. The topological polar surface area (TPSA) is 12.0 Å². The highest BCUT2D eigenvalue weighted by molar-refractivity contribution is 5.20. The number of benzene rings is 1. The van der Waals surface area contributed by atoms with E-state index in [4.69, 9.17) is 0 Å². The van der Waals surface area contributed by atoms with Gasteiger partial charge in [0.25, 0.3) is 0 Å². The predicted octanol–water partition coefficient (Wildman–Crippen LogP) is 4.46. The van der Waals surface area contributed by atoms with Crippen molar-refractivity contribution in [2.45, 2.75) is 57.4 Å². The fourth-order valence-corrected chi connectivity index (χ4v) is 3.34. The van der Waals surface area contributed by atoms with Crippen LogP contribution in [0.5, 0.6) is 0 Å². The molecule has 1 atom stereocenters. The minimum Gasteiger partial charge on any atom is -0.316 e. The number of hydrogen-bond acceptors (Lipinski definition) is 1. The number of nitrogens with one attached hydrogen (secondary N) is 1. The van der Waals surface area contributed by atoms with Crippen molar-refractivity contribution in [3.05, 3.63) is 35.4 Å². The standard InChI is InChI=1S/C17H25F2N/c1-20-16(13-8-5-3-2-4-6-9-13)12-14-10-7-11-15(18)17(14)19/h7,10-11,13,16,20H,2-6,8-9,12H2,1H3. The lowest BCUT2D eigenvalue weighted by molar-refractivity contribution is 0.291. The molecule has 0 amide bonds. The van der Waals surface area contributed by atoms with Crippen LogP contribution in [-0.2, 0) is 6.42 Å². The van der Waals surface area contributed by atoms with Crippen molar-refractivity contribution in [2.24, 2.45) is 5.92 Å². The molecule has 1 nitrogen and oxygen atoms in total. The molecule has 1 aliphatic carbocycles. The van der Waals surface area contributed by atoms with E-state index in [-0.39, 0.29) is 6.04 Å². The van der Waals surface area contributed by atoms with Gasteiger partial charge in [-0.25, -0.2) is 8.78 Å². The van der Waals surface area contributed by atoms with Gasteiger partial charge >= 0.3 is 0 Å². The van der Waals surface area contributed by atoms with Crippen LogP contribution in [-0.4, -0.2) is 13.1 Å². The summed E-state index contributed by atoms with van der Waals surface area (Å²) in [5.74, 6) is -0.850. The summed E-state index contributed by atoms with van der Waals surface area (Å²) in [5, 5.41) is 3.33. The Morgan fingerprint density at radius 3 is 2.40 bits per heavy atom. The van der Waals surface area contributed by atoms with E-state index >= 15 is 0 Å². The molecule has 20 heavy (non-hydrogen) atoms. The smallest absolute Gasteiger partial charge is 0.162 e. The Balaban J connectivity index is 2.05. The van der Waals surface area contributed by atoms with Crippen LogP contribution in [0, 0.1) is 17.6 Å². The van der Waals surface area contributed by atoms with E-state index in [1.54, 1.807) is 12.1 Å². The van der Waals surface area contributed by atoms with Crippen LogP contribution in [0.3, 0.4) is 0 Å². The SMILES string of the molecule is CNC(Cc1cccc(F)c1F)C1CCCCCCC1. The summed E-state index contributed by atoms with van der Waals surface area (Å²) < 4.78 is 27.1. The molecule has 2 rings (SSSR count). The molecule has 0 aliphatic heterocycles. The summed E-state index contributed by atoms with van der Waals surface area (Å²) in [4.78, 5) is 0. The molecule has 1 N–H and O–H groups in total. The minimum atomic E-state index is -0.741. The summed E-state index contributed by atoms with van der Waals surface area (Å²) in [5.41, 5.74) is 0.492. The molecule has 1 aromatic carbocycles. The first-order valence-electron chi connectivity index (χ1n) is 7.82. The predicted molar refractivity (Wildman–Crippen MR) is 78.7 cm³/mol. The van der Waals surface area contributed by atoms with Crippen molar-refractivity contribution in [1.29, 1.82) is 0 Å². The molecule has 1 saturated carbocycles. The molecule has 1 fully saturated rings. The van der Waals surface area contributed by atoms with Crippen LogP contribution in [0.2, 0.25) is 0 Å². The van der Waals surface area contributed by atoms with Gasteiger partial charge < -0.3 is 5.32 Å². The molecule has 1 unspecified atom stereocenters. The van der Waals surface area contributed by atoms with Crippen LogP contribution in [0.25, 0.3) is 0 Å². The minimum absolute atomic E-state index is 0.240. The van der Waals surface area contributed by atoms with Gasteiger partial charge in [-0.15, -0.1) is 0 Å². The summed E-state index contributed by atoms with van der Waals surface area (Å²) in [6.07, 6.45) is 9.44. The van der Waals surface area contributed by atoms with Gasteiger partial charge in [-0.3, -0.25) is 0 Å². The maximum absolute atomic E-state index is 13.8. The first-order chi connectivity index (χ1) is 9.72. The lowest BCUT2D eigenvalue weighted by Crippen LogP contribution is -2.36. The average Bonchev–Trinajstić information content (AvgIpc) is 2.41. The first kappa shape index (κ1) is 15.4. The molecule has 0 spiro atoms. The molecule has 0 bridgehead atoms. The molecule has 1 aliphatic rings. The molecule has 0 radical (unpaired) electrons. The number of hydrogen-bond donors (Lipinski definition) is 1. The van der Waals surface area contributed by atoms with E-state index in [1.165, 1.54) is 51.0 Å². The molecule has 3 heteroatoms. The highest BCUT2D eigenvalue weighted by atomic mass is 19.2. The van der Waals surface area contributed by atoms with Gasteiger partial charge in [0.15, 0.2) is 11.6 Å². The van der Waals surface area contributed by atoms with E-state index in [2.05, 4.69) is 5.32 Å². The second-order valence-corrected chi connectivity index (χ2v) is 5.92. The maximum Gasteiger partial charge on any atom is 0.162 e. The van der Waals surface area contributed by atoms with Crippen LogP contribution >= 0.6 is 0 Å². The molecule has 0 saturated heterocycles. The van der Waals surface area contributed by atoms with Gasteiger partial charge in [-0.1, -0.05) is 44.2 Å². The van der Waals surface area contributed by atoms with Gasteiger partial charge in [-0.2, -0.15) is 0 Å². The van der Waals surface area contributed by atoms with Gasteiger partial charge in [0.05, 0.1) is 0 Å². The Hall–Kier alpha value is -0.960. The fourth-order valence-electron chi connectivity index (χ4n) is 3.34. The second-order valence-electron chi connectivity index (χ2n) is 5.92. The number of halogens is 2. The van der Waals surface area contributed by atoms with E-state index in [0.717, 1.165) is 0 Å². The van der Waals surface area contributed by atoms with Crippen molar-refractivity contribution in [3.8, 4) is 0 Å². The van der Waals surface area contributed by atoms with Crippen LogP contribution in [0.15, 0.2) is 18.2 Å². The van der Waals surface area contributed by atoms with Crippen molar-refractivity contribution < 1.29 is 8.78 Å². The second kappa shape index (κ2) is 7.72. The monoisotopic (exact) mass is 281 g/mol. The Kier molecular flexibility index (Phi) is 5.96. The molecular weight excluding hydrogens is 256 g/mol. The normalized spacial score (nSPS) is 19.4. The fraction of sp³-hybridized carbons (Fsp3) is 0.647. The van der Waals surface area contributed by atoms with Crippen molar-refractivity contribution in [2.75, 3.05) is 7.05 Å². The van der Waals surface area contributed by atoms with E-state index < -0.39 is 11.6 Å². The van der Waals surface area contributed by atoms with Crippen LogP contribution in [0.4, 0.5) is 8.78 Å². The summed E-state index contributed by atoms with van der Waals surface area (Å²) >= 11 is 0. The van der Waals surface area contributed by atoms with E-state index in [9.17, 15) is 8.78 Å². The Morgan fingerprint density at radius 2 is 1.75 bits per heavy atom. The lowest BCUT2D eigenvalue weighted by Gasteiger charge is -2.28. The number of likely N-dealkylation sites (N-methyl/N-ethyl adjacent to an activating group) is 1. The Bertz CT molecular complexity index is 411. The molecule has 0 heterocycles.